The van der Waals surface area contributed by atoms with Gasteiger partial charge in [0.15, 0.2) is 0 Å². The van der Waals surface area contributed by atoms with E-state index in [0.717, 1.165) is 40.2 Å². The van der Waals surface area contributed by atoms with E-state index in [1.54, 1.807) is 4.90 Å². The lowest BCUT2D eigenvalue weighted by Gasteiger charge is -2.21. The molecular formula is C30H26ClN3O2S2. The van der Waals surface area contributed by atoms with Gasteiger partial charge in [0.1, 0.15) is 16.7 Å². The Morgan fingerprint density at radius 2 is 1.76 bits per heavy atom. The highest BCUT2D eigenvalue weighted by atomic mass is 35.5. The molecule has 4 aromatic rings. The minimum absolute atomic E-state index is 0.0539. The molecule has 38 heavy (non-hydrogen) atoms. The summed E-state index contributed by atoms with van der Waals surface area (Å²) in [7, 11) is 0. The molecule has 0 aliphatic carbocycles. The van der Waals surface area contributed by atoms with Crippen molar-refractivity contribution >= 4 is 51.9 Å². The molecule has 0 bridgehead atoms. The van der Waals surface area contributed by atoms with Crippen molar-refractivity contribution in [3.05, 3.63) is 106 Å². The summed E-state index contributed by atoms with van der Waals surface area (Å²) in [5.74, 6) is 0.670. The third-order valence-electron chi connectivity index (χ3n) is 6.38. The Kier molecular flexibility index (Phi) is 7.98. The van der Waals surface area contributed by atoms with Gasteiger partial charge < -0.3 is 4.74 Å². The topological polar surface area (TPSA) is 47.4 Å². The summed E-state index contributed by atoms with van der Waals surface area (Å²) in [6.45, 7) is 4.45. The first-order valence-corrected chi connectivity index (χ1v) is 13.9. The molecule has 8 heteroatoms. The molecule has 5 nitrogen and oxygen atoms in total. The van der Waals surface area contributed by atoms with Crippen LogP contribution in [0.4, 0.5) is 0 Å². The third kappa shape index (κ3) is 5.55. The van der Waals surface area contributed by atoms with Crippen molar-refractivity contribution < 1.29 is 9.53 Å². The molecule has 0 saturated carbocycles. The fourth-order valence-corrected chi connectivity index (χ4v) is 5.74. The molecule has 0 radical (unpaired) electrons. The number of rotatable bonds is 8. The number of carbonyl (C=O) groups excluding carboxylic acids is 1. The number of amides is 1. The zero-order chi connectivity index (χ0) is 26.6. The van der Waals surface area contributed by atoms with Crippen LogP contribution in [-0.2, 0) is 11.4 Å². The van der Waals surface area contributed by atoms with Gasteiger partial charge in [-0.2, -0.15) is 5.10 Å². The molecule has 1 amide bonds. The van der Waals surface area contributed by atoms with E-state index in [0.29, 0.717) is 20.9 Å². The summed E-state index contributed by atoms with van der Waals surface area (Å²) in [6.07, 6.45) is 4.68. The van der Waals surface area contributed by atoms with E-state index >= 15 is 0 Å². The van der Waals surface area contributed by atoms with Crippen LogP contribution in [0.15, 0.2) is 90.0 Å². The minimum atomic E-state index is -0.0592. The van der Waals surface area contributed by atoms with Crippen LogP contribution in [0.25, 0.3) is 23.0 Å². The number of nitrogens with zero attached hydrogens (tertiary/aromatic N) is 3. The molecule has 1 atom stereocenters. The maximum atomic E-state index is 13.2. The van der Waals surface area contributed by atoms with Gasteiger partial charge in [-0.15, -0.1) is 0 Å². The Bertz CT molecular complexity index is 1500. The van der Waals surface area contributed by atoms with Crippen LogP contribution in [0.3, 0.4) is 0 Å². The van der Waals surface area contributed by atoms with Gasteiger partial charge >= 0.3 is 0 Å². The van der Waals surface area contributed by atoms with Gasteiger partial charge in [-0.3, -0.25) is 9.69 Å². The summed E-state index contributed by atoms with van der Waals surface area (Å²) in [5.41, 5.74) is 4.37. The molecule has 192 valence electrons. The molecule has 1 aliphatic heterocycles. The maximum absolute atomic E-state index is 13.2. The van der Waals surface area contributed by atoms with Gasteiger partial charge in [-0.25, -0.2) is 4.68 Å². The van der Waals surface area contributed by atoms with Crippen LogP contribution in [0.1, 0.15) is 31.4 Å². The lowest BCUT2D eigenvalue weighted by Crippen LogP contribution is -2.36. The van der Waals surface area contributed by atoms with E-state index in [9.17, 15) is 4.79 Å². The van der Waals surface area contributed by atoms with Gasteiger partial charge in [0, 0.05) is 34.0 Å². The number of carbonyl (C=O) groups is 1. The fraction of sp³-hybridized carbons (Fsp3) is 0.167. The molecule has 0 spiro atoms. The smallest absolute Gasteiger partial charge is 0.266 e. The fourth-order valence-electron chi connectivity index (χ4n) is 4.10. The largest absolute Gasteiger partial charge is 0.489 e. The SMILES string of the molecule is CC[C@H](C)N1C(=O)/C(=C/c2cn(-c3ccccc3)nc2-c2ccc(OCc3ccccc3Cl)cc2)SC1=S. The highest BCUT2D eigenvalue weighted by Gasteiger charge is 2.35. The second kappa shape index (κ2) is 11.6. The highest BCUT2D eigenvalue weighted by Crippen LogP contribution is 2.36. The molecule has 1 fully saturated rings. The predicted molar refractivity (Wildman–Crippen MR) is 160 cm³/mol. The number of thioether (sulfide) groups is 1. The molecular weight excluding hydrogens is 534 g/mol. The Morgan fingerprint density at radius 1 is 1.05 bits per heavy atom. The van der Waals surface area contributed by atoms with Crippen LogP contribution >= 0.6 is 35.6 Å². The standard InChI is InChI=1S/C30H26ClN3O2S2/c1-3-20(2)34-29(35)27(38-30(34)37)17-23-18-33(24-10-5-4-6-11-24)32-28(23)21-13-15-25(16-14-21)36-19-22-9-7-8-12-26(22)31/h4-18,20H,3,19H2,1-2H3/b27-17-/t20-/m0/s1. The van der Waals surface area contributed by atoms with Crippen molar-refractivity contribution in [2.45, 2.75) is 32.9 Å². The summed E-state index contributed by atoms with van der Waals surface area (Å²) in [4.78, 5) is 15.5. The summed E-state index contributed by atoms with van der Waals surface area (Å²) >= 11 is 13.1. The van der Waals surface area contributed by atoms with Crippen LogP contribution in [0.2, 0.25) is 5.02 Å². The average molecular weight is 560 g/mol. The monoisotopic (exact) mass is 559 g/mol. The summed E-state index contributed by atoms with van der Waals surface area (Å²) in [5, 5.41) is 5.57. The van der Waals surface area contributed by atoms with Crippen LogP contribution in [0.5, 0.6) is 5.75 Å². The summed E-state index contributed by atoms with van der Waals surface area (Å²) in [6, 6.07) is 25.4. The molecule has 0 unspecified atom stereocenters. The number of hydrogen-bond donors (Lipinski definition) is 0. The van der Waals surface area contributed by atoms with Crippen LogP contribution in [-0.4, -0.2) is 30.9 Å². The predicted octanol–water partition coefficient (Wildman–Crippen LogP) is 7.77. The number of ether oxygens (including phenoxy) is 1. The number of aromatic nitrogens is 2. The van der Waals surface area contributed by atoms with Crippen LogP contribution in [0, 0.1) is 0 Å². The minimum Gasteiger partial charge on any atom is -0.489 e. The van der Waals surface area contributed by atoms with Crippen molar-refractivity contribution in [3.63, 3.8) is 0 Å². The average Bonchev–Trinajstić information content (AvgIpc) is 3.48. The molecule has 1 aromatic heterocycles. The zero-order valence-corrected chi connectivity index (χ0v) is 23.4. The lowest BCUT2D eigenvalue weighted by molar-refractivity contribution is -0.123. The Labute approximate surface area is 237 Å². The molecule has 1 aliphatic rings. The molecule has 5 rings (SSSR count). The number of thiocarbonyl (C=S) groups is 1. The Morgan fingerprint density at radius 3 is 2.47 bits per heavy atom. The van der Waals surface area contributed by atoms with E-state index in [1.807, 2.05) is 103 Å². The van der Waals surface area contributed by atoms with E-state index in [2.05, 4.69) is 6.92 Å². The second-order valence-electron chi connectivity index (χ2n) is 8.93. The first kappa shape index (κ1) is 26.2. The quantitative estimate of drug-likeness (QED) is 0.163. The third-order valence-corrected chi connectivity index (χ3v) is 8.08. The first-order chi connectivity index (χ1) is 18.4. The van der Waals surface area contributed by atoms with E-state index in [1.165, 1.54) is 11.8 Å². The van der Waals surface area contributed by atoms with E-state index in [-0.39, 0.29) is 11.9 Å². The normalized spacial score (nSPS) is 15.3. The Balaban J connectivity index is 1.46. The number of halogens is 1. The molecule has 0 N–H and O–H groups in total. The van der Waals surface area contributed by atoms with E-state index in [4.69, 9.17) is 33.7 Å². The first-order valence-electron chi connectivity index (χ1n) is 12.3. The Hall–Kier alpha value is -3.39. The number of benzene rings is 3. The molecule has 3 aromatic carbocycles. The van der Waals surface area contributed by atoms with Crippen molar-refractivity contribution in [2.24, 2.45) is 0 Å². The van der Waals surface area contributed by atoms with Gasteiger partial charge in [-0.1, -0.05) is 78.9 Å². The van der Waals surface area contributed by atoms with Gasteiger partial charge in [0.2, 0.25) is 0 Å². The number of hydrogen-bond acceptors (Lipinski definition) is 5. The van der Waals surface area contributed by atoms with Crippen molar-refractivity contribution in [1.82, 2.24) is 14.7 Å². The van der Waals surface area contributed by atoms with Crippen LogP contribution < -0.4 is 4.74 Å². The van der Waals surface area contributed by atoms with E-state index < -0.39 is 0 Å². The zero-order valence-electron chi connectivity index (χ0n) is 21.0. The van der Waals surface area contributed by atoms with Gasteiger partial charge in [0.25, 0.3) is 5.91 Å². The van der Waals surface area contributed by atoms with Crippen molar-refractivity contribution in [2.75, 3.05) is 0 Å². The maximum Gasteiger partial charge on any atom is 0.266 e. The highest BCUT2D eigenvalue weighted by molar-refractivity contribution is 8.26. The van der Waals surface area contributed by atoms with Gasteiger partial charge in [0.05, 0.1) is 16.3 Å². The summed E-state index contributed by atoms with van der Waals surface area (Å²) < 4.78 is 8.38. The number of para-hydroxylation sites is 1. The lowest BCUT2D eigenvalue weighted by atomic mass is 10.1. The van der Waals surface area contributed by atoms with Crippen molar-refractivity contribution in [3.8, 4) is 22.7 Å². The molecule has 1 saturated heterocycles. The van der Waals surface area contributed by atoms with Crippen molar-refractivity contribution in [1.29, 1.82) is 0 Å². The van der Waals surface area contributed by atoms with Gasteiger partial charge in [-0.05, 0) is 61.9 Å². The second-order valence-corrected chi connectivity index (χ2v) is 11.0. The molecule has 2 heterocycles.